The second-order valence-electron chi connectivity index (χ2n) is 6.03. The highest BCUT2D eigenvalue weighted by Crippen LogP contribution is 2.30. The number of carbonyl (C=O) groups excluding carboxylic acids is 2. The Morgan fingerprint density at radius 2 is 1.57 bits per heavy atom. The number of hydrogen-bond acceptors (Lipinski definition) is 4. The number of amides is 2. The summed E-state index contributed by atoms with van der Waals surface area (Å²) >= 11 is 0. The third kappa shape index (κ3) is 3.94. The first-order valence-electron chi connectivity index (χ1n) is 8.22. The average Bonchev–Trinajstić information content (AvgIpc) is 2.88. The molecule has 6 heteroatoms. The second kappa shape index (κ2) is 7.35. The van der Waals surface area contributed by atoms with E-state index in [0.29, 0.717) is 11.5 Å². The van der Waals surface area contributed by atoms with Crippen molar-refractivity contribution in [3.8, 4) is 11.5 Å². The minimum absolute atomic E-state index is 0.0120. The molecule has 1 atom stereocenters. The van der Waals surface area contributed by atoms with Crippen LogP contribution in [0.3, 0.4) is 0 Å². The van der Waals surface area contributed by atoms with E-state index >= 15 is 0 Å². The lowest BCUT2D eigenvalue weighted by Gasteiger charge is -2.25. The maximum Gasteiger partial charge on any atom is 0.283 e. The molecular weight excluding hydrogens is 296 g/mol. The van der Waals surface area contributed by atoms with Gasteiger partial charge in [0.25, 0.3) is 5.91 Å². The Kier molecular flexibility index (Phi) is 5.00. The molecule has 1 aromatic carbocycles. The number of hydrogen-bond donors (Lipinski definition) is 2. The molecule has 0 bridgehead atoms. The van der Waals surface area contributed by atoms with Gasteiger partial charge in [0.2, 0.25) is 12.0 Å². The lowest BCUT2D eigenvalue weighted by Crippen LogP contribution is -2.52. The Labute approximate surface area is 135 Å². The van der Waals surface area contributed by atoms with E-state index in [-0.39, 0.29) is 18.4 Å². The monoisotopic (exact) mass is 318 g/mol. The summed E-state index contributed by atoms with van der Waals surface area (Å²) in [6.07, 6.45) is 5.52. The highest BCUT2D eigenvalue weighted by Gasteiger charge is 2.28. The van der Waals surface area contributed by atoms with Crippen LogP contribution < -0.4 is 20.3 Å². The van der Waals surface area contributed by atoms with Crippen LogP contribution >= 0.6 is 0 Å². The first-order chi connectivity index (χ1) is 11.2. The molecular formula is C17H22N2O4. The summed E-state index contributed by atoms with van der Waals surface area (Å²) in [5.74, 6) is 0.633. The first kappa shape index (κ1) is 15.6. The molecule has 1 unspecified atom stereocenters. The third-order valence-electron chi connectivity index (χ3n) is 4.34. The molecule has 3 rings (SSSR count). The largest absolute Gasteiger partial charge is 0.485 e. The molecule has 1 aromatic rings. The van der Waals surface area contributed by atoms with Gasteiger partial charge in [-0.25, -0.2) is 0 Å². The average molecular weight is 318 g/mol. The van der Waals surface area contributed by atoms with E-state index in [9.17, 15) is 9.59 Å². The maximum absolute atomic E-state index is 12.1. The quantitative estimate of drug-likeness (QED) is 0.645. The molecule has 1 heterocycles. The van der Waals surface area contributed by atoms with Crippen molar-refractivity contribution in [2.75, 3.05) is 6.61 Å². The van der Waals surface area contributed by atoms with Crippen molar-refractivity contribution in [1.29, 1.82) is 0 Å². The SMILES string of the molecule is O=C(NNC(=O)C1COc2ccccc2O1)C1CCCCCC1. The Bertz CT molecular complexity index is 567. The van der Waals surface area contributed by atoms with Crippen LogP contribution in [0.25, 0.3) is 0 Å². The summed E-state index contributed by atoms with van der Waals surface area (Å²) < 4.78 is 11.1. The molecule has 2 aliphatic rings. The molecule has 0 spiro atoms. The molecule has 23 heavy (non-hydrogen) atoms. The van der Waals surface area contributed by atoms with E-state index in [1.807, 2.05) is 12.1 Å². The number of hydrazine groups is 1. The van der Waals surface area contributed by atoms with Crippen LogP contribution in [-0.4, -0.2) is 24.5 Å². The molecule has 1 fully saturated rings. The van der Waals surface area contributed by atoms with E-state index in [0.717, 1.165) is 25.7 Å². The lowest BCUT2D eigenvalue weighted by atomic mass is 10.00. The van der Waals surface area contributed by atoms with Crippen LogP contribution in [0.1, 0.15) is 38.5 Å². The molecule has 1 aliphatic carbocycles. The molecule has 0 aromatic heterocycles. The second-order valence-corrected chi connectivity index (χ2v) is 6.03. The topological polar surface area (TPSA) is 76.7 Å². The highest BCUT2D eigenvalue weighted by molar-refractivity contribution is 5.86. The summed E-state index contributed by atoms with van der Waals surface area (Å²) in [6.45, 7) is 0.127. The van der Waals surface area contributed by atoms with Crippen LogP contribution in [0.2, 0.25) is 0 Å². The van der Waals surface area contributed by atoms with Crippen molar-refractivity contribution in [2.45, 2.75) is 44.6 Å². The van der Waals surface area contributed by atoms with Gasteiger partial charge in [0, 0.05) is 5.92 Å². The number of carbonyl (C=O) groups is 2. The zero-order valence-corrected chi connectivity index (χ0v) is 13.0. The van der Waals surface area contributed by atoms with E-state index in [1.165, 1.54) is 12.8 Å². The maximum atomic E-state index is 12.1. The summed E-state index contributed by atoms with van der Waals surface area (Å²) in [4.78, 5) is 24.3. The summed E-state index contributed by atoms with van der Waals surface area (Å²) in [5.41, 5.74) is 4.98. The zero-order valence-electron chi connectivity index (χ0n) is 13.0. The van der Waals surface area contributed by atoms with Gasteiger partial charge in [0.1, 0.15) is 6.61 Å². The van der Waals surface area contributed by atoms with Gasteiger partial charge < -0.3 is 9.47 Å². The fourth-order valence-corrected chi connectivity index (χ4v) is 3.00. The van der Waals surface area contributed by atoms with Crippen molar-refractivity contribution in [3.63, 3.8) is 0 Å². The smallest absolute Gasteiger partial charge is 0.283 e. The van der Waals surface area contributed by atoms with Crippen LogP contribution in [-0.2, 0) is 9.59 Å². The van der Waals surface area contributed by atoms with Gasteiger partial charge in [-0.3, -0.25) is 20.4 Å². The Hall–Kier alpha value is -2.24. The van der Waals surface area contributed by atoms with Crippen molar-refractivity contribution in [1.82, 2.24) is 10.9 Å². The standard InChI is InChI=1S/C17H22N2O4/c20-16(12-7-3-1-2-4-8-12)18-19-17(21)15-11-22-13-9-5-6-10-14(13)23-15/h5-6,9-10,12,15H,1-4,7-8,11H2,(H,18,20)(H,19,21). The normalized spacial score (nSPS) is 21.1. The molecule has 2 amide bonds. The Morgan fingerprint density at radius 3 is 2.30 bits per heavy atom. The summed E-state index contributed by atoms with van der Waals surface area (Å²) in [6, 6.07) is 7.20. The predicted octanol–water partition coefficient (Wildman–Crippen LogP) is 1.94. The van der Waals surface area contributed by atoms with Crippen molar-refractivity contribution in [2.24, 2.45) is 5.92 Å². The minimum atomic E-state index is -0.765. The first-order valence-corrected chi connectivity index (χ1v) is 8.22. The van der Waals surface area contributed by atoms with Crippen molar-refractivity contribution in [3.05, 3.63) is 24.3 Å². The molecule has 0 radical (unpaired) electrons. The number of nitrogens with one attached hydrogen (secondary N) is 2. The van der Waals surface area contributed by atoms with Crippen LogP contribution in [0, 0.1) is 5.92 Å². The van der Waals surface area contributed by atoms with Gasteiger partial charge in [-0.1, -0.05) is 37.8 Å². The number of ether oxygens (including phenoxy) is 2. The molecule has 1 aliphatic heterocycles. The Morgan fingerprint density at radius 1 is 0.913 bits per heavy atom. The summed E-state index contributed by atoms with van der Waals surface area (Å²) in [7, 11) is 0. The number of para-hydroxylation sites is 2. The molecule has 0 saturated heterocycles. The van der Waals surface area contributed by atoms with Gasteiger partial charge in [0.05, 0.1) is 0 Å². The van der Waals surface area contributed by atoms with E-state index < -0.39 is 12.0 Å². The molecule has 2 N–H and O–H groups in total. The molecule has 124 valence electrons. The molecule has 1 saturated carbocycles. The summed E-state index contributed by atoms with van der Waals surface area (Å²) in [5, 5.41) is 0. The molecule has 6 nitrogen and oxygen atoms in total. The van der Waals surface area contributed by atoms with E-state index in [1.54, 1.807) is 12.1 Å². The van der Waals surface area contributed by atoms with E-state index in [2.05, 4.69) is 10.9 Å². The number of fused-ring (bicyclic) bond motifs is 1. The van der Waals surface area contributed by atoms with Crippen LogP contribution in [0.5, 0.6) is 11.5 Å². The fraction of sp³-hybridized carbons (Fsp3) is 0.529. The van der Waals surface area contributed by atoms with Crippen LogP contribution in [0.15, 0.2) is 24.3 Å². The predicted molar refractivity (Wildman–Crippen MR) is 83.8 cm³/mol. The highest BCUT2D eigenvalue weighted by atomic mass is 16.6. The fourth-order valence-electron chi connectivity index (χ4n) is 3.00. The van der Waals surface area contributed by atoms with Gasteiger partial charge in [-0.15, -0.1) is 0 Å². The van der Waals surface area contributed by atoms with Gasteiger partial charge in [0.15, 0.2) is 11.5 Å². The number of benzene rings is 1. The number of rotatable bonds is 2. The van der Waals surface area contributed by atoms with Crippen LogP contribution in [0.4, 0.5) is 0 Å². The van der Waals surface area contributed by atoms with E-state index in [4.69, 9.17) is 9.47 Å². The van der Waals surface area contributed by atoms with Gasteiger partial charge in [-0.2, -0.15) is 0 Å². The third-order valence-corrected chi connectivity index (χ3v) is 4.34. The minimum Gasteiger partial charge on any atom is -0.485 e. The van der Waals surface area contributed by atoms with Crippen molar-refractivity contribution < 1.29 is 19.1 Å². The zero-order chi connectivity index (χ0) is 16.1. The van der Waals surface area contributed by atoms with Gasteiger partial charge >= 0.3 is 0 Å². The van der Waals surface area contributed by atoms with Crippen molar-refractivity contribution >= 4 is 11.8 Å². The Balaban J connectivity index is 1.49. The van der Waals surface area contributed by atoms with Gasteiger partial charge in [-0.05, 0) is 25.0 Å². The lowest BCUT2D eigenvalue weighted by molar-refractivity contribution is -0.136.